The Balaban J connectivity index is 1.92. The van der Waals surface area contributed by atoms with Gasteiger partial charge < -0.3 is 0 Å². The number of hydrogen-bond donors (Lipinski definition) is 0. The first kappa shape index (κ1) is 10.6. The lowest BCUT2D eigenvalue weighted by Gasteiger charge is -2.01. The van der Waals surface area contributed by atoms with Gasteiger partial charge in [0.15, 0.2) is 0 Å². The van der Waals surface area contributed by atoms with Crippen molar-refractivity contribution in [3.63, 3.8) is 0 Å². The minimum absolute atomic E-state index is 0.132. The Morgan fingerprint density at radius 3 is 2.80 bits per heavy atom. The van der Waals surface area contributed by atoms with Crippen LogP contribution in [0.2, 0.25) is 5.02 Å². The monoisotopic (exact) mass is 226 g/mol. The Morgan fingerprint density at radius 1 is 1.47 bits per heavy atom. The predicted molar refractivity (Wildman–Crippen MR) is 57.5 cm³/mol. The van der Waals surface area contributed by atoms with Gasteiger partial charge in [0.1, 0.15) is 11.6 Å². The van der Waals surface area contributed by atoms with Crippen LogP contribution < -0.4 is 0 Å². The molecule has 1 aromatic rings. The number of Topliss-reactive ketones (excluding diaryl/α,β-unsaturated/α-hetero) is 1. The second-order valence-corrected chi connectivity index (χ2v) is 4.40. The van der Waals surface area contributed by atoms with Crippen LogP contribution in [0.3, 0.4) is 0 Å². The van der Waals surface area contributed by atoms with Gasteiger partial charge in [-0.15, -0.1) is 0 Å². The van der Waals surface area contributed by atoms with E-state index in [0.717, 1.165) is 18.4 Å². The summed E-state index contributed by atoms with van der Waals surface area (Å²) in [5, 5.41) is 0.132. The molecule has 0 amide bonds. The second kappa shape index (κ2) is 4.31. The molecule has 0 radical (unpaired) electrons. The van der Waals surface area contributed by atoms with Crippen molar-refractivity contribution in [1.82, 2.24) is 0 Å². The first-order valence-electron chi connectivity index (χ1n) is 5.13. The van der Waals surface area contributed by atoms with Gasteiger partial charge in [0.2, 0.25) is 0 Å². The van der Waals surface area contributed by atoms with Crippen LogP contribution in [0.15, 0.2) is 18.2 Å². The molecule has 15 heavy (non-hydrogen) atoms. The number of benzene rings is 1. The van der Waals surface area contributed by atoms with Crippen molar-refractivity contribution >= 4 is 17.4 Å². The van der Waals surface area contributed by atoms with Crippen LogP contribution in [-0.2, 0) is 11.2 Å². The third kappa shape index (κ3) is 2.78. The van der Waals surface area contributed by atoms with Crippen molar-refractivity contribution in [1.29, 1.82) is 0 Å². The Kier molecular flexibility index (Phi) is 3.06. The average molecular weight is 227 g/mol. The van der Waals surface area contributed by atoms with Gasteiger partial charge in [-0.3, -0.25) is 4.79 Å². The van der Waals surface area contributed by atoms with E-state index < -0.39 is 5.82 Å². The number of carbonyl (C=O) groups excluding carboxylic acids is 1. The Bertz CT molecular complexity index is 385. The maximum absolute atomic E-state index is 13.1. The van der Waals surface area contributed by atoms with E-state index in [4.69, 9.17) is 11.6 Å². The van der Waals surface area contributed by atoms with Crippen molar-refractivity contribution < 1.29 is 9.18 Å². The summed E-state index contributed by atoms with van der Waals surface area (Å²) < 4.78 is 13.1. The Hall–Kier alpha value is -0.890. The van der Waals surface area contributed by atoms with E-state index in [9.17, 15) is 9.18 Å². The summed E-state index contributed by atoms with van der Waals surface area (Å²) in [6, 6.07) is 4.71. The normalized spacial score (nSPS) is 15.3. The molecular weight excluding hydrogens is 215 g/mol. The van der Waals surface area contributed by atoms with Gasteiger partial charge in [-0.25, -0.2) is 4.39 Å². The minimum atomic E-state index is -0.409. The smallest absolute Gasteiger partial charge is 0.142 e. The molecule has 0 saturated heterocycles. The highest BCUT2D eigenvalue weighted by atomic mass is 35.5. The minimum Gasteiger partial charge on any atom is -0.299 e. The van der Waals surface area contributed by atoms with Crippen LogP contribution >= 0.6 is 11.6 Å². The Labute approximate surface area is 93.2 Å². The zero-order chi connectivity index (χ0) is 10.8. The first-order valence-corrected chi connectivity index (χ1v) is 5.51. The molecule has 1 nitrogen and oxygen atoms in total. The second-order valence-electron chi connectivity index (χ2n) is 3.99. The fraction of sp³-hybridized carbons (Fsp3) is 0.417. The summed E-state index contributed by atoms with van der Waals surface area (Å²) in [7, 11) is 0. The highest BCUT2D eigenvalue weighted by Crippen LogP contribution is 2.31. The van der Waals surface area contributed by atoms with E-state index in [1.165, 1.54) is 12.1 Å². The molecule has 0 unspecified atom stereocenters. The molecule has 0 heterocycles. The number of halogens is 2. The predicted octanol–water partition coefficient (Wildman–Crippen LogP) is 3.39. The summed E-state index contributed by atoms with van der Waals surface area (Å²) in [6.07, 6.45) is 3.21. The molecule has 1 aliphatic rings. The third-order valence-electron chi connectivity index (χ3n) is 2.68. The fourth-order valence-electron chi connectivity index (χ4n) is 1.57. The molecule has 1 aliphatic carbocycles. The van der Waals surface area contributed by atoms with Crippen LogP contribution in [0, 0.1) is 11.7 Å². The molecule has 1 fully saturated rings. The lowest BCUT2D eigenvalue weighted by Crippen LogP contribution is -2.02. The quantitative estimate of drug-likeness (QED) is 0.769. The van der Waals surface area contributed by atoms with E-state index >= 15 is 0 Å². The summed E-state index contributed by atoms with van der Waals surface area (Å²) in [5.74, 6) is 0.195. The zero-order valence-electron chi connectivity index (χ0n) is 8.30. The molecule has 80 valence electrons. The zero-order valence-corrected chi connectivity index (χ0v) is 9.06. The summed E-state index contributed by atoms with van der Waals surface area (Å²) in [4.78, 5) is 11.4. The van der Waals surface area contributed by atoms with E-state index in [-0.39, 0.29) is 5.02 Å². The van der Waals surface area contributed by atoms with Crippen LogP contribution in [0.5, 0.6) is 0 Å². The highest BCUT2D eigenvalue weighted by Gasteiger charge is 2.28. The first-order chi connectivity index (χ1) is 7.16. The molecule has 1 saturated carbocycles. The van der Waals surface area contributed by atoms with Gasteiger partial charge >= 0.3 is 0 Å². The molecule has 0 atom stereocenters. The maximum atomic E-state index is 13.1. The number of aryl methyl sites for hydroxylation is 1. The van der Waals surface area contributed by atoms with Gasteiger partial charge in [0.25, 0.3) is 0 Å². The average Bonchev–Trinajstić information content (AvgIpc) is 3.03. The molecule has 1 aromatic carbocycles. The van der Waals surface area contributed by atoms with Crippen molar-refractivity contribution in [2.75, 3.05) is 0 Å². The topological polar surface area (TPSA) is 17.1 Å². The molecule has 3 heteroatoms. The molecule has 0 bridgehead atoms. The largest absolute Gasteiger partial charge is 0.299 e. The summed E-state index contributed by atoms with van der Waals surface area (Å²) in [5.41, 5.74) is 0.839. The number of rotatable bonds is 4. The maximum Gasteiger partial charge on any atom is 0.142 e. The van der Waals surface area contributed by atoms with E-state index in [2.05, 4.69) is 0 Å². The summed E-state index contributed by atoms with van der Waals surface area (Å²) in [6.45, 7) is 0. The van der Waals surface area contributed by atoms with E-state index in [1.807, 2.05) is 0 Å². The van der Waals surface area contributed by atoms with Crippen LogP contribution in [-0.4, -0.2) is 5.78 Å². The van der Waals surface area contributed by atoms with E-state index in [0.29, 0.717) is 24.5 Å². The van der Waals surface area contributed by atoms with Crippen LogP contribution in [0.25, 0.3) is 0 Å². The van der Waals surface area contributed by atoms with Crippen molar-refractivity contribution in [2.24, 2.45) is 5.92 Å². The lowest BCUT2D eigenvalue weighted by atomic mass is 10.1. The van der Waals surface area contributed by atoms with Crippen molar-refractivity contribution in [2.45, 2.75) is 25.7 Å². The fourth-order valence-corrected chi connectivity index (χ4v) is 1.69. The van der Waals surface area contributed by atoms with Crippen LogP contribution in [0.1, 0.15) is 24.8 Å². The van der Waals surface area contributed by atoms with Crippen LogP contribution in [0.4, 0.5) is 4.39 Å². The highest BCUT2D eigenvalue weighted by molar-refractivity contribution is 6.30. The standard InChI is InChI=1S/C12H12ClFO/c13-10-5-1-8(7-11(10)14)2-6-12(15)9-3-4-9/h1,5,7,9H,2-4,6H2. The molecule has 2 rings (SSSR count). The summed E-state index contributed by atoms with van der Waals surface area (Å²) >= 11 is 5.56. The van der Waals surface area contributed by atoms with Gasteiger partial charge in [0, 0.05) is 12.3 Å². The number of hydrogen-bond acceptors (Lipinski definition) is 1. The molecule has 0 N–H and O–H groups in total. The molecule has 0 spiro atoms. The SMILES string of the molecule is O=C(CCc1ccc(Cl)c(F)c1)C1CC1. The van der Waals surface area contributed by atoms with Gasteiger partial charge in [0.05, 0.1) is 5.02 Å². The molecule has 0 aliphatic heterocycles. The van der Waals surface area contributed by atoms with Gasteiger partial charge in [-0.05, 0) is 37.0 Å². The number of ketones is 1. The van der Waals surface area contributed by atoms with Gasteiger partial charge in [-0.1, -0.05) is 17.7 Å². The molecular formula is C12H12ClFO. The van der Waals surface area contributed by atoms with Gasteiger partial charge in [-0.2, -0.15) is 0 Å². The molecule has 0 aromatic heterocycles. The number of carbonyl (C=O) groups is 1. The van der Waals surface area contributed by atoms with Crippen molar-refractivity contribution in [3.8, 4) is 0 Å². The lowest BCUT2D eigenvalue weighted by molar-refractivity contribution is -0.120. The van der Waals surface area contributed by atoms with Crippen molar-refractivity contribution in [3.05, 3.63) is 34.6 Å². The third-order valence-corrected chi connectivity index (χ3v) is 2.98. The Morgan fingerprint density at radius 2 is 2.20 bits per heavy atom. The van der Waals surface area contributed by atoms with E-state index in [1.54, 1.807) is 6.07 Å².